The van der Waals surface area contributed by atoms with Crippen LogP contribution in [0, 0.1) is 5.92 Å². The van der Waals surface area contributed by atoms with E-state index in [0.29, 0.717) is 0 Å². The minimum absolute atomic E-state index is 0. The molecule has 0 saturated heterocycles. The summed E-state index contributed by atoms with van der Waals surface area (Å²) in [6.07, 6.45) is 10.2. The number of nitrogens with one attached hydrogen (secondary N) is 1. The summed E-state index contributed by atoms with van der Waals surface area (Å²) in [6.45, 7) is 2.20. The molecule has 0 aromatic rings. The normalized spacial score (nSPS) is 31.2. The Morgan fingerprint density at radius 1 is 1.17 bits per heavy atom. The fraction of sp³-hybridized carbons (Fsp3) is 0.929. The predicted molar refractivity (Wildman–Crippen MR) is 76.8 cm³/mol. The number of halogens is 1. The maximum Gasteiger partial charge on any atom is 0.223 e. The summed E-state index contributed by atoms with van der Waals surface area (Å²) in [4.78, 5) is 12.3. The smallest absolute Gasteiger partial charge is 0.223 e. The van der Waals surface area contributed by atoms with Gasteiger partial charge in [0.2, 0.25) is 5.91 Å². The third-order valence-electron chi connectivity index (χ3n) is 4.47. The Morgan fingerprint density at radius 3 is 2.44 bits per heavy atom. The second-order valence-electron chi connectivity index (χ2n) is 6.23. The molecule has 106 valence electrons. The zero-order valence-electron chi connectivity index (χ0n) is 11.4. The van der Waals surface area contributed by atoms with Gasteiger partial charge in [0.05, 0.1) is 0 Å². The van der Waals surface area contributed by atoms with Crippen molar-refractivity contribution in [3.63, 3.8) is 0 Å². The third-order valence-corrected chi connectivity index (χ3v) is 4.47. The Hall–Kier alpha value is -0.280. The first-order valence-corrected chi connectivity index (χ1v) is 7.17. The second-order valence-corrected chi connectivity index (χ2v) is 6.23. The molecule has 3 nitrogen and oxygen atoms in total. The van der Waals surface area contributed by atoms with E-state index in [2.05, 4.69) is 12.2 Å². The summed E-state index contributed by atoms with van der Waals surface area (Å²) in [5.41, 5.74) is 6.00. The molecule has 0 spiro atoms. The quantitative estimate of drug-likeness (QED) is 0.814. The Labute approximate surface area is 117 Å². The lowest BCUT2D eigenvalue weighted by Gasteiger charge is -2.37. The second kappa shape index (κ2) is 6.76. The summed E-state index contributed by atoms with van der Waals surface area (Å²) >= 11 is 0. The minimum atomic E-state index is 0. The molecule has 1 amide bonds. The standard InChI is InChI=1S/C14H26N2O.ClH/c1-14(8-3-2-4-9-14)16-13(17)11-6-5-7-12(15)10-11;/h11-12H,2-10,15H2,1H3,(H,16,17);1H. The number of hydrogen-bond donors (Lipinski definition) is 2. The van der Waals surface area contributed by atoms with Crippen molar-refractivity contribution in [2.75, 3.05) is 0 Å². The molecule has 0 aliphatic heterocycles. The van der Waals surface area contributed by atoms with Crippen molar-refractivity contribution in [3.05, 3.63) is 0 Å². The molecule has 3 N–H and O–H groups in total. The van der Waals surface area contributed by atoms with E-state index >= 15 is 0 Å². The van der Waals surface area contributed by atoms with Crippen molar-refractivity contribution in [2.24, 2.45) is 11.7 Å². The summed E-state index contributed by atoms with van der Waals surface area (Å²) in [7, 11) is 0. The Bertz CT molecular complexity index is 277. The summed E-state index contributed by atoms with van der Waals surface area (Å²) in [5, 5.41) is 3.29. The minimum Gasteiger partial charge on any atom is -0.351 e. The largest absolute Gasteiger partial charge is 0.351 e. The van der Waals surface area contributed by atoms with Crippen molar-refractivity contribution in [1.29, 1.82) is 0 Å². The fourth-order valence-corrected chi connectivity index (χ4v) is 3.32. The van der Waals surface area contributed by atoms with Crippen molar-refractivity contribution in [2.45, 2.75) is 76.3 Å². The molecule has 0 aromatic carbocycles. The lowest BCUT2D eigenvalue weighted by atomic mass is 9.81. The van der Waals surface area contributed by atoms with Gasteiger partial charge in [0.15, 0.2) is 0 Å². The van der Waals surface area contributed by atoms with Gasteiger partial charge in [0, 0.05) is 17.5 Å². The Kier molecular flexibility index (Phi) is 5.93. The zero-order valence-corrected chi connectivity index (χ0v) is 12.2. The van der Waals surface area contributed by atoms with Crippen LogP contribution in [0.15, 0.2) is 0 Å². The molecular weight excluding hydrogens is 248 g/mol. The molecule has 0 heterocycles. The van der Waals surface area contributed by atoms with Crippen LogP contribution in [0.25, 0.3) is 0 Å². The number of rotatable bonds is 2. The van der Waals surface area contributed by atoms with Gasteiger partial charge < -0.3 is 11.1 Å². The average Bonchev–Trinajstić information content (AvgIpc) is 2.29. The molecule has 2 rings (SSSR count). The molecule has 4 heteroatoms. The van der Waals surface area contributed by atoms with Gasteiger partial charge in [-0.2, -0.15) is 0 Å². The van der Waals surface area contributed by atoms with E-state index in [-0.39, 0.29) is 35.8 Å². The molecule has 2 unspecified atom stereocenters. The van der Waals surface area contributed by atoms with Gasteiger partial charge in [-0.25, -0.2) is 0 Å². The molecule has 2 saturated carbocycles. The number of amides is 1. The summed E-state index contributed by atoms with van der Waals surface area (Å²) in [5.74, 6) is 0.419. The van der Waals surface area contributed by atoms with Crippen LogP contribution in [-0.2, 0) is 4.79 Å². The Balaban J connectivity index is 0.00000162. The van der Waals surface area contributed by atoms with E-state index < -0.39 is 0 Å². The first-order chi connectivity index (χ1) is 8.09. The van der Waals surface area contributed by atoms with Crippen LogP contribution in [0.4, 0.5) is 0 Å². The SMILES string of the molecule is CC1(NC(=O)C2CCCC(N)C2)CCCCC1.Cl. The average molecular weight is 275 g/mol. The topological polar surface area (TPSA) is 55.1 Å². The van der Waals surface area contributed by atoms with Crippen molar-refractivity contribution >= 4 is 18.3 Å². The maximum absolute atomic E-state index is 12.3. The molecule has 2 atom stereocenters. The lowest BCUT2D eigenvalue weighted by molar-refractivity contribution is -0.128. The number of hydrogen-bond acceptors (Lipinski definition) is 2. The number of nitrogens with two attached hydrogens (primary N) is 1. The van der Waals surface area contributed by atoms with Gasteiger partial charge in [-0.05, 0) is 39.0 Å². The highest BCUT2D eigenvalue weighted by molar-refractivity contribution is 5.85. The zero-order chi connectivity index (χ0) is 12.3. The number of carbonyl (C=O) groups is 1. The van der Waals surface area contributed by atoms with Crippen LogP contribution in [0.3, 0.4) is 0 Å². The van der Waals surface area contributed by atoms with E-state index in [9.17, 15) is 4.79 Å². The molecule has 0 aromatic heterocycles. The van der Waals surface area contributed by atoms with E-state index in [4.69, 9.17) is 5.73 Å². The third kappa shape index (κ3) is 4.13. The van der Waals surface area contributed by atoms with Crippen LogP contribution in [0.5, 0.6) is 0 Å². The molecule has 2 aliphatic rings. The van der Waals surface area contributed by atoms with Crippen molar-refractivity contribution in [3.8, 4) is 0 Å². The van der Waals surface area contributed by atoms with Crippen LogP contribution in [-0.4, -0.2) is 17.5 Å². The molecule has 18 heavy (non-hydrogen) atoms. The highest BCUT2D eigenvalue weighted by Gasteiger charge is 2.32. The molecule has 0 radical (unpaired) electrons. The first kappa shape index (κ1) is 15.8. The number of carbonyl (C=O) groups excluding carboxylic acids is 1. The predicted octanol–water partition coefficient (Wildman–Crippen LogP) is 2.76. The van der Waals surface area contributed by atoms with E-state index in [1.807, 2.05) is 0 Å². The van der Waals surface area contributed by atoms with Gasteiger partial charge in [-0.3, -0.25) is 4.79 Å². The van der Waals surface area contributed by atoms with E-state index in [0.717, 1.165) is 38.5 Å². The molecule has 2 aliphatic carbocycles. The first-order valence-electron chi connectivity index (χ1n) is 7.17. The van der Waals surface area contributed by atoms with Crippen LogP contribution >= 0.6 is 12.4 Å². The molecule has 2 fully saturated rings. The lowest BCUT2D eigenvalue weighted by Crippen LogP contribution is -2.50. The van der Waals surface area contributed by atoms with Crippen molar-refractivity contribution < 1.29 is 4.79 Å². The maximum atomic E-state index is 12.3. The van der Waals surface area contributed by atoms with Gasteiger partial charge >= 0.3 is 0 Å². The highest BCUT2D eigenvalue weighted by Crippen LogP contribution is 2.29. The van der Waals surface area contributed by atoms with Crippen LogP contribution < -0.4 is 11.1 Å². The van der Waals surface area contributed by atoms with Gasteiger partial charge in [-0.1, -0.05) is 25.7 Å². The van der Waals surface area contributed by atoms with Gasteiger partial charge in [0.25, 0.3) is 0 Å². The molecule has 0 bridgehead atoms. The van der Waals surface area contributed by atoms with E-state index in [1.165, 1.54) is 19.3 Å². The van der Waals surface area contributed by atoms with E-state index in [1.54, 1.807) is 0 Å². The van der Waals surface area contributed by atoms with Gasteiger partial charge in [0.1, 0.15) is 0 Å². The molecular formula is C14H27ClN2O. The summed E-state index contributed by atoms with van der Waals surface area (Å²) < 4.78 is 0. The van der Waals surface area contributed by atoms with Crippen LogP contribution in [0.2, 0.25) is 0 Å². The summed E-state index contributed by atoms with van der Waals surface area (Å²) in [6, 6.07) is 0.235. The fourth-order valence-electron chi connectivity index (χ4n) is 3.32. The monoisotopic (exact) mass is 274 g/mol. The highest BCUT2D eigenvalue weighted by atomic mass is 35.5. The van der Waals surface area contributed by atoms with Gasteiger partial charge in [-0.15, -0.1) is 12.4 Å². The Morgan fingerprint density at radius 2 is 1.83 bits per heavy atom. The van der Waals surface area contributed by atoms with Crippen LogP contribution in [0.1, 0.15) is 64.7 Å². The van der Waals surface area contributed by atoms with Crippen molar-refractivity contribution in [1.82, 2.24) is 5.32 Å².